The van der Waals surface area contributed by atoms with Crippen molar-refractivity contribution in [3.05, 3.63) is 52.1 Å². The average molecular weight is 406 g/mol. The van der Waals surface area contributed by atoms with Gasteiger partial charge in [-0.3, -0.25) is 14.9 Å². The summed E-state index contributed by atoms with van der Waals surface area (Å²) < 4.78 is 15.1. The molecule has 1 N–H and O–H groups in total. The zero-order chi connectivity index (χ0) is 20.7. The lowest BCUT2D eigenvalue weighted by Crippen LogP contribution is -2.21. The van der Waals surface area contributed by atoms with E-state index in [1.165, 1.54) is 44.2 Å². The maximum atomic E-state index is 12.2. The summed E-state index contributed by atoms with van der Waals surface area (Å²) in [5.41, 5.74) is -0.203. The molecule has 0 aliphatic carbocycles. The predicted molar refractivity (Wildman–Crippen MR) is 103 cm³/mol. The number of nitro groups is 1. The molecule has 0 heterocycles. The van der Waals surface area contributed by atoms with E-state index in [0.29, 0.717) is 5.75 Å². The third-order valence-corrected chi connectivity index (χ3v) is 4.36. The van der Waals surface area contributed by atoms with Gasteiger partial charge in [-0.05, 0) is 36.6 Å². The number of hydrogen-bond donors (Lipinski definition) is 1. The summed E-state index contributed by atoms with van der Waals surface area (Å²) in [5, 5.41) is 13.5. The van der Waals surface area contributed by atoms with Crippen molar-refractivity contribution in [1.29, 1.82) is 0 Å². The predicted octanol–water partition coefficient (Wildman–Crippen LogP) is 3.13. The van der Waals surface area contributed by atoms with E-state index in [1.807, 2.05) is 6.26 Å². The molecule has 0 bridgehead atoms. The lowest BCUT2D eigenvalue weighted by Gasteiger charge is -2.10. The van der Waals surface area contributed by atoms with E-state index in [2.05, 4.69) is 5.32 Å². The van der Waals surface area contributed by atoms with Crippen molar-refractivity contribution in [1.82, 2.24) is 0 Å². The molecule has 9 nitrogen and oxygen atoms in total. The number of ether oxygens (including phenoxy) is 3. The quantitative estimate of drug-likeness (QED) is 0.308. The molecular weight excluding hydrogens is 388 g/mol. The van der Waals surface area contributed by atoms with Crippen molar-refractivity contribution in [2.45, 2.75) is 4.90 Å². The Balaban J connectivity index is 2.05. The highest BCUT2D eigenvalue weighted by Crippen LogP contribution is 2.29. The first-order valence-electron chi connectivity index (χ1n) is 7.91. The monoisotopic (exact) mass is 406 g/mol. The molecule has 0 aliphatic rings. The van der Waals surface area contributed by atoms with Crippen LogP contribution in [0.25, 0.3) is 0 Å². The molecule has 0 atom stereocenters. The van der Waals surface area contributed by atoms with Crippen LogP contribution in [0, 0.1) is 10.1 Å². The van der Waals surface area contributed by atoms with Crippen LogP contribution < -0.4 is 14.8 Å². The molecule has 0 unspecified atom stereocenters. The molecule has 0 saturated heterocycles. The molecule has 0 fully saturated rings. The number of carbonyl (C=O) groups is 2. The van der Waals surface area contributed by atoms with Crippen LogP contribution in [0.4, 0.5) is 11.4 Å². The normalized spacial score (nSPS) is 10.1. The van der Waals surface area contributed by atoms with E-state index in [0.717, 1.165) is 4.90 Å². The van der Waals surface area contributed by atoms with Gasteiger partial charge in [-0.1, -0.05) is 0 Å². The van der Waals surface area contributed by atoms with Gasteiger partial charge in [0, 0.05) is 4.90 Å². The first-order valence-corrected chi connectivity index (χ1v) is 9.13. The second-order valence-electron chi connectivity index (χ2n) is 5.33. The number of methoxy groups -OCH3 is 2. The van der Waals surface area contributed by atoms with Crippen molar-refractivity contribution in [2.24, 2.45) is 0 Å². The highest BCUT2D eigenvalue weighted by atomic mass is 32.2. The fourth-order valence-electron chi connectivity index (χ4n) is 2.26. The SMILES string of the molecule is COc1ccc(NC(=O)COC(=O)c2ccc(SC)cc2OC)c([N+](=O)[O-])c1. The number of carbonyl (C=O) groups excluding carboxylic acids is 2. The van der Waals surface area contributed by atoms with Crippen LogP contribution in [0.5, 0.6) is 11.5 Å². The number of rotatable bonds is 8. The van der Waals surface area contributed by atoms with Crippen molar-refractivity contribution < 1.29 is 28.7 Å². The first-order chi connectivity index (χ1) is 13.4. The van der Waals surface area contributed by atoms with Gasteiger partial charge in [-0.15, -0.1) is 11.8 Å². The number of hydrogen-bond acceptors (Lipinski definition) is 8. The summed E-state index contributed by atoms with van der Waals surface area (Å²) in [6.45, 7) is -0.616. The smallest absolute Gasteiger partial charge is 0.342 e. The van der Waals surface area contributed by atoms with Crippen LogP contribution in [0.2, 0.25) is 0 Å². The Morgan fingerprint density at radius 2 is 1.89 bits per heavy atom. The molecule has 0 radical (unpaired) electrons. The number of anilines is 1. The molecule has 28 heavy (non-hydrogen) atoms. The summed E-state index contributed by atoms with van der Waals surface area (Å²) in [5.74, 6) is -0.870. The number of esters is 1. The van der Waals surface area contributed by atoms with Gasteiger partial charge in [0.2, 0.25) is 0 Å². The van der Waals surface area contributed by atoms with Gasteiger partial charge < -0.3 is 19.5 Å². The van der Waals surface area contributed by atoms with Crippen LogP contribution >= 0.6 is 11.8 Å². The molecule has 10 heteroatoms. The van der Waals surface area contributed by atoms with Crippen molar-refractivity contribution in [3.8, 4) is 11.5 Å². The largest absolute Gasteiger partial charge is 0.496 e. The van der Waals surface area contributed by atoms with Gasteiger partial charge in [0.1, 0.15) is 22.7 Å². The molecule has 2 rings (SSSR count). The highest BCUT2D eigenvalue weighted by molar-refractivity contribution is 7.98. The lowest BCUT2D eigenvalue weighted by molar-refractivity contribution is -0.384. The highest BCUT2D eigenvalue weighted by Gasteiger charge is 2.19. The van der Waals surface area contributed by atoms with Crippen LogP contribution in [-0.2, 0) is 9.53 Å². The zero-order valence-corrected chi connectivity index (χ0v) is 16.2. The maximum absolute atomic E-state index is 12.2. The Kier molecular flexibility index (Phi) is 7.21. The molecule has 0 spiro atoms. The molecule has 0 aliphatic heterocycles. The number of nitro benzene ring substituents is 1. The molecule has 0 saturated carbocycles. The van der Waals surface area contributed by atoms with Crippen molar-refractivity contribution >= 4 is 35.0 Å². The molecule has 1 amide bonds. The molecule has 0 aromatic heterocycles. The fourth-order valence-corrected chi connectivity index (χ4v) is 2.69. The number of benzene rings is 2. The molecule has 148 valence electrons. The number of nitrogens with one attached hydrogen (secondary N) is 1. The number of amides is 1. The Hall–Kier alpha value is -3.27. The molecular formula is C18H18N2O7S. The van der Waals surface area contributed by atoms with Crippen LogP contribution in [0.3, 0.4) is 0 Å². The van der Waals surface area contributed by atoms with E-state index in [9.17, 15) is 19.7 Å². The van der Waals surface area contributed by atoms with Crippen LogP contribution in [-0.4, -0.2) is 43.9 Å². The summed E-state index contributed by atoms with van der Waals surface area (Å²) in [6, 6.07) is 8.93. The summed E-state index contributed by atoms with van der Waals surface area (Å²) in [7, 11) is 2.79. The second-order valence-corrected chi connectivity index (χ2v) is 6.21. The number of thioether (sulfide) groups is 1. The van der Waals surface area contributed by atoms with Crippen LogP contribution in [0.15, 0.2) is 41.3 Å². The lowest BCUT2D eigenvalue weighted by atomic mass is 10.2. The minimum atomic E-state index is -0.746. The molecule has 2 aromatic carbocycles. The minimum Gasteiger partial charge on any atom is -0.496 e. The third-order valence-electron chi connectivity index (χ3n) is 3.64. The van der Waals surface area contributed by atoms with Gasteiger partial charge >= 0.3 is 5.97 Å². The van der Waals surface area contributed by atoms with Gasteiger partial charge in [-0.25, -0.2) is 4.79 Å². The summed E-state index contributed by atoms with van der Waals surface area (Å²) in [6.07, 6.45) is 1.88. The van der Waals surface area contributed by atoms with E-state index in [4.69, 9.17) is 14.2 Å². The van der Waals surface area contributed by atoms with E-state index < -0.39 is 23.4 Å². The Morgan fingerprint density at radius 1 is 1.14 bits per heavy atom. The average Bonchev–Trinajstić information content (AvgIpc) is 2.71. The first kappa shape index (κ1) is 21.0. The Bertz CT molecular complexity index is 901. The van der Waals surface area contributed by atoms with Crippen LogP contribution in [0.1, 0.15) is 10.4 Å². The van der Waals surface area contributed by atoms with Crippen molar-refractivity contribution in [3.63, 3.8) is 0 Å². The van der Waals surface area contributed by atoms with E-state index >= 15 is 0 Å². The van der Waals surface area contributed by atoms with Crippen molar-refractivity contribution in [2.75, 3.05) is 32.4 Å². The standard InChI is InChI=1S/C18H18N2O7S/c1-25-11-4-7-14(15(8-11)20(23)24)19-17(21)10-27-18(22)13-6-5-12(28-3)9-16(13)26-2/h4-9H,10H2,1-3H3,(H,19,21). The topological polar surface area (TPSA) is 117 Å². The zero-order valence-electron chi connectivity index (χ0n) is 15.4. The number of nitrogens with zero attached hydrogens (tertiary/aromatic N) is 1. The Morgan fingerprint density at radius 3 is 2.50 bits per heavy atom. The minimum absolute atomic E-state index is 0.0336. The summed E-state index contributed by atoms with van der Waals surface area (Å²) in [4.78, 5) is 35.7. The van der Waals surface area contributed by atoms with Gasteiger partial charge in [0.25, 0.3) is 11.6 Å². The molecule has 2 aromatic rings. The van der Waals surface area contributed by atoms with E-state index in [-0.39, 0.29) is 22.7 Å². The third kappa shape index (κ3) is 5.13. The van der Waals surface area contributed by atoms with E-state index in [1.54, 1.807) is 18.2 Å². The summed E-state index contributed by atoms with van der Waals surface area (Å²) >= 11 is 1.48. The Labute approximate surface area is 165 Å². The van der Waals surface area contributed by atoms with Gasteiger partial charge in [-0.2, -0.15) is 0 Å². The maximum Gasteiger partial charge on any atom is 0.342 e. The fraction of sp³-hybridized carbons (Fsp3) is 0.222. The second kappa shape index (κ2) is 9.60. The van der Waals surface area contributed by atoms with Gasteiger partial charge in [0.15, 0.2) is 6.61 Å². The van der Waals surface area contributed by atoms with Gasteiger partial charge in [0.05, 0.1) is 25.2 Å².